The van der Waals surface area contributed by atoms with Gasteiger partial charge < -0.3 is 9.64 Å². The number of amides is 1. The maximum atomic E-state index is 12.6. The van der Waals surface area contributed by atoms with E-state index in [4.69, 9.17) is 4.74 Å². The third-order valence-corrected chi connectivity index (χ3v) is 5.00. The molecule has 8 heteroatoms. The second-order valence-corrected chi connectivity index (χ2v) is 7.73. The average molecular weight is 390 g/mol. The first kappa shape index (κ1) is 20.4. The molecule has 0 radical (unpaired) electrons. The number of benzene rings is 2. The lowest BCUT2D eigenvalue weighted by atomic mass is 10.2. The van der Waals surface area contributed by atoms with Gasteiger partial charge in [0.25, 0.3) is 0 Å². The van der Waals surface area contributed by atoms with Crippen molar-refractivity contribution in [2.45, 2.75) is 6.92 Å². The number of anilines is 2. The molecule has 0 aromatic heterocycles. The number of carbonyl (C=O) groups excluding carboxylic acids is 2. The Morgan fingerprint density at radius 3 is 2.07 bits per heavy atom. The van der Waals surface area contributed by atoms with E-state index < -0.39 is 16.0 Å². The highest BCUT2D eigenvalue weighted by atomic mass is 32.2. The van der Waals surface area contributed by atoms with Crippen molar-refractivity contribution in [3.05, 3.63) is 60.2 Å². The molecule has 2 rings (SSSR count). The predicted molar refractivity (Wildman–Crippen MR) is 104 cm³/mol. The molecule has 0 unspecified atom stereocenters. The van der Waals surface area contributed by atoms with E-state index in [2.05, 4.69) is 0 Å². The minimum atomic E-state index is -3.70. The number of sulfonamides is 1. The van der Waals surface area contributed by atoms with Crippen LogP contribution in [-0.4, -0.2) is 46.7 Å². The van der Waals surface area contributed by atoms with Crippen molar-refractivity contribution in [1.82, 2.24) is 0 Å². The Bertz CT molecular complexity index is 895. The van der Waals surface area contributed by atoms with Gasteiger partial charge in [0, 0.05) is 12.7 Å². The Balaban J connectivity index is 2.23. The third kappa shape index (κ3) is 5.30. The summed E-state index contributed by atoms with van der Waals surface area (Å²) < 4.78 is 30.3. The molecule has 144 valence electrons. The Labute approximate surface area is 159 Å². The van der Waals surface area contributed by atoms with Crippen LogP contribution in [0, 0.1) is 0 Å². The van der Waals surface area contributed by atoms with Crippen molar-refractivity contribution in [1.29, 1.82) is 0 Å². The zero-order valence-electron chi connectivity index (χ0n) is 15.5. The van der Waals surface area contributed by atoms with Gasteiger partial charge in [-0.05, 0) is 43.3 Å². The van der Waals surface area contributed by atoms with Gasteiger partial charge in [0.15, 0.2) is 0 Å². The van der Waals surface area contributed by atoms with Crippen LogP contribution in [0.25, 0.3) is 0 Å². The van der Waals surface area contributed by atoms with E-state index in [0.29, 0.717) is 16.9 Å². The molecule has 0 N–H and O–H groups in total. The number of carbonyl (C=O) groups is 2. The predicted octanol–water partition coefficient (Wildman–Crippen LogP) is 2.29. The molecule has 7 nitrogen and oxygen atoms in total. The molecule has 2 aromatic carbocycles. The summed E-state index contributed by atoms with van der Waals surface area (Å²) in [4.78, 5) is 25.7. The van der Waals surface area contributed by atoms with E-state index in [9.17, 15) is 18.0 Å². The minimum Gasteiger partial charge on any atom is -0.462 e. The van der Waals surface area contributed by atoms with Crippen molar-refractivity contribution in [2.24, 2.45) is 0 Å². The molecule has 27 heavy (non-hydrogen) atoms. The van der Waals surface area contributed by atoms with E-state index in [1.54, 1.807) is 38.2 Å². The fourth-order valence-corrected chi connectivity index (χ4v) is 3.25. The van der Waals surface area contributed by atoms with Crippen LogP contribution in [0.3, 0.4) is 0 Å². The van der Waals surface area contributed by atoms with Crippen LogP contribution in [0.2, 0.25) is 0 Å². The lowest BCUT2D eigenvalue weighted by Crippen LogP contribution is -2.41. The number of hydrogen-bond donors (Lipinski definition) is 0. The average Bonchev–Trinajstić information content (AvgIpc) is 2.65. The van der Waals surface area contributed by atoms with Crippen molar-refractivity contribution < 1.29 is 22.7 Å². The van der Waals surface area contributed by atoms with Crippen LogP contribution in [0.1, 0.15) is 17.3 Å². The van der Waals surface area contributed by atoms with Crippen molar-refractivity contribution in [2.75, 3.05) is 35.7 Å². The zero-order chi connectivity index (χ0) is 20.0. The summed E-state index contributed by atoms with van der Waals surface area (Å²) >= 11 is 0. The molecule has 0 heterocycles. The van der Waals surface area contributed by atoms with Gasteiger partial charge in [-0.1, -0.05) is 18.2 Å². The van der Waals surface area contributed by atoms with Crippen LogP contribution in [-0.2, 0) is 19.6 Å². The lowest BCUT2D eigenvalue weighted by Gasteiger charge is -2.25. The van der Waals surface area contributed by atoms with Gasteiger partial charge in [-0.3, -0.25) is 9.10 Å². The van der Waals surface area contributed by atoms with Crippen LogP contribution < -0.4 is 9.21 Å². The third-order valence-electron chi connectivity index (χ3n) is 3.86. The van der Waals surface area contributed by atoms with Gasteiger partial charge in [0.05, 0.1) is 24.1 Å². The topological polar surface area (TPSA) is 84.0 Å². The maximum Gasteiger partial charge on any atom is 0.338 e. The molecule has 0 aliphatic rings. The van der Waals surface area contributed by atoms with Gasteiger partial charge >= 0.3 is 5.97 Å². The summed E-state index contributed by atoms with van der Waals surface area (Å²) in [5.74, 6) is -0.879. The van der Waals surface area contributed by atoms with Gasteiger partial charge in [-0.2, -0.15) is 0 Å². The summed E-state index contributed by atoms with van der Waals surface area (Å²) in [7, 11) is -2.12. The largest absolute Gasteiger partial charge is 0.462 e. The molecule has 0 spiro atoms. The summed E-state index contributed by atoms with van der Waals surface area (Å²) in [5.41, 5.74) is 1.26. The first-order chi connectivity index (χ1) is 12.7. The Morgan fingerprint density at radius 2 is 1.56 bits per heavy atom. The number of nitrogens with zero attached hydrogens (tertiary/aromatic N) is 2. The van der Waals surface area contributed by atoms with Crippen LogP contribution in [0.15, 0.2) is 54.6 Å². The molecule has 0 fully saturated rings. The van der Waals surface area contributed by atoms with Crippen molar-refractivity contribution >= 4 is 33.3 Å². The normalized spacial score (nSPS) is 10.9. The summed E-state index contributed by atoms with van der Waals surface area (Å²) in [6.45, 7) is 1.59. The van der Waals surface area contributed by atoms with E-state index in [1.807, 2.05) is 6.07 Å². The van der Waals surface area contributed by atoms with E-state index >= 15 is 0 Å². The molecule has 0 atom stereocenters. The van der Waals surface area contributed by atoms with E-state index in [1.165, 1.54) is 29.2 Å². The van der Waals surface area contributed by atoms with Crippen LogP contribution in [0.4, 0.5) is 11.4 Å². The fourth-order valence-electron chi connectivity index (χ4n) is 2.40. The first-order valence-electron chi connectivity index (χ1n) is 8.30. The highest BCUT2D eigenvalue weighted by Gasteiger charge is 2.23. The van der Waals surface area contributed by atoms with E-state index in [0.717, 1.165) is 10.6 Å². The molecule has 2 aromatic rings. The quantitative estimate of drug-likeness (QED) is 0.678. The van der Waals surface area contributed by atoms with E-state index in [-0.39, 0.29) is 19.1 Å². The highest BCUT2D eigenvalue weighted by molar-refractivity contribution is 7.92. The first-order valence-corrected chi connectivity index (χ1v) is 10.2. The molecule has 0 aliphatic carbocycles. The van der Waals surface area contributed by atoms with Crippen molar-refractivity contribution in [3.8, 4) is 0 Å². The molecule has 1 amide bonds. The molecule has 0 saturated heterocycles. The van der Waals surface area contributed by atoms with Gasteiger partial charge in [-0.15, -0.1) is 0 Å². The monoisotopic (exact) mass is 390 g/mol. The number of hydrogen-bond acceptors (Lipinski definition) is 5. The Hall–Kier alpha value is -2.87. The SMILES string of the molecule is CCOC(=O)c1ccc(N(CC(=O)N(C)c2ccccc2)S(C)(=O)=O)cc1. The number of ether oxygens (including phenoxy) is 1. The van der Waals surface area contributed by atoms with Crippen LogP contribution in [0.5, 0.6) is 0 Å². The lowest BCUT2D eigenvalue weighted by molar-refractivity contribution is -0.116. The molecule has 0 aliphatic heterocycles. The number of esters is 1. The molecular weight excluding hydrogens is 368 g/mol. The Morgan fingerprint density at radius 1 is 0.963 bits per heavy atom. The standard InChI is InChI=1S/C19H22N2O5S/c1-4-26-19(23)15-10-12-17(13-11-15)21(27(3,24)25)14-18(22)20(2)16-8-6-5-7-9-16/h5-13H,4,14H2,1-3H3. The smallest absolute Gasteiger partial charge is 0.338 e. The maximum absolute atomic E-state index is 12.6. The number of likely N-dealkylation sites (N-methyl/N-ethyl adjacent to an activating group) is 1. The van der Waals surface area contributed by atoms with Gasteiger partial charge in [-0.25, -0.2) is 13.2 Å². The summed E-state index contributed by atoms with van der Waals surface area (Å²) in [6.07, 6.45) is 1.03. The van der Waals surface area contributed by atoms with Gasteiger partial charge in [0.1, 0.15) is 6.54 Å². The van der Waals surface area contributed by atoms with Crippen molar-refractivity contribution in [3.63, 3.8) is 0 Å². The molecular formula is C19H22N2O5S. The second-order valence-electron chi connectivity index (χ2n) is 5.83. The number of rotatable bonds is 7. The highest BCUT2D eigenvalue weighted by Crippen LogP contribution is 2.20. The number of para-hydroxylation sites is 1. The zero-order valence-corrected chi connectivity index (χ0v) is 16.3. The fraction of sp³-hybridized carbons (Fsp3) is 0.263. The minimum absolute atomic E-state index is 0.246. The second kappa shape index (κ2) is 8.68. The summed E-state index contributed by atoms with van der Waals surface area (Å²) in [5, 5.41) is 0. The molecule has 0 saturated carbocycles. The van der Waals surface area contributed by atoms with Gasteiger partial charge in [0.2, 0.25) is 15.9 Å². The summed E-state index contributed by atoms with van der Waals surface area (Å²) in [6, 6.07) is 14.8. The van der Waals surface area contributed by atoms with Crippen LogP contribution >= 0.6 is 0 Å². The molecule has 0 bridgehead atoms. The Kier molecular flexibility index (Phi) is 6.57.